The van der Waals surface area contributed by atoms with Gasteiger partial charge in [0.05, 0.1) is 12.1 Å². The van der Waals surface area contributed by atoms with Gasteiger partial charge in [0.1, 0.15) is 5.75 Å². The van der Waals surface area contributed by atoms with E-state index < -0.39 is 5.54 Å². The summed E-state index contributed by atoms with van der Waals surface area (Å²) in [5, 5.41) is 22.2. The van der Waals surface area contributed by atoms with Gasteiger partial charge in [-0.1, -0.05) is 36.4 Å². The van der Waals surface area contributed by atoms with E-state index in [1.54, 1.807) is 26.0 Å². The number of hydrogen-bond donors (Lipinski definition) is 3. The third-order valence-corrected chi connectivity index (χ3v) is 3.67. The Balaban J connectivity index is 2.30. The van der Waals surface area contributed by atoms with E-state index >= 15 is 0 Å². The summed E-state index contributed by atoms with van der Waals surface area (Å²) in [5.41, 5.74) is 0.851. The maximum absolute atomic E-state index is 12.4. The largest absolute Gasteiger partial charge is 0.508 e. The average molecular weight is 285 g/mol. The van der Waals surface area contributed by atoms with Crippen LogP contribution < -0.4 is 5.32 Å². The van der Waals surface area contributed by atoms with Gasteiger partial charge in [-0.2, -0.15) is 0 Å². The van der Waals surface area contributed by atoms with Crippen LogP contribution in [0.15, 0.2) is 48.5 Å². The van der Waals surface area contributed by atoms with Crippen LogP contribution in [0.25, 0.3) is 0 Å². The van der Waals surface area contributed by atoms with Crippen LogP contribution in [-0.2, 0) is 5.54 Å². The van der Waals surface area contributed by atoms with Gasteiger partial charge in [-0.3, -0.25) is 4.79 Å². The molecule has 1 atom stereocenters. The number of carbonyl (C=O) groups excluding carboxylic acids is 1. The highest BCUT2D eigenvalue weighted by molar-refractivity contribution is 5.96. The molecule has 2 aromatic rings. The lowest BCUT2D eigenvalue weighted by Gasteiger charge is -2.29. The Bertz CT molecular complexity index is 640. The Morgan fingerprint density at radius 1 is 1.14 bits per heavy atom. The molecule has 1 amide bonds. The fraction of sp³-hybridized carbons (Fsp3) is 0.235. The van der Waals surface area contributed by atoms with Gasteiger partial charge in [0.25, 0.3) is 5.91 Å². The molecule has 2 rings (SSSR count). The summed E-state index contributed by atoms with van der Waals surface area (Å²) in [6.07, 6.45) is 0. The van der Waals surface area contributed by atoms with Crippen molar-refractivity contribution < 1.29 is 15.0 Å². The SMILES string of the molecule is Cc1c(O)cccc1C(=O)NC(C)(CO)c1ccccc1. The summed E-state index contributed by atoms with van der Waals surface area (Å²) >= 11 is 0. The van der Waals surface area contributed by atoms with Gasteiger partial charge < -0.3 is 15.5 Å². The fourth-order valence-corrected chi connectivity index (χ4v) is 2.20. The molecule has 0 heterocycles. The molecule has 4 heteroatoms. The summed E-state index contributed by atoms with van der Waals surface area (Å²) in [5.74, 6) is -0.253. The van der Waals surface area contributed by atoms with Gasteiger partial charge in [0.2, 0.25) is 0 Å². The first kappa shape index (κ1) is 15.1. The van der Waals surface area contributed by atoms with Crippen molar-refractivity contribution in [2.24, 2.45) is 0 Å². The number of hydrogen-bond acceptors (Lipinski definition) is 3. The minimum Gasteiger partial charge on any atom is -0.508 e. The van der Waals surface area contributed by atoms with Crippen LogP contribution >= 0.6 is 0 Å². The highest BCUT2D eigenvalue weighted by atomic mass is 16.3. The lowest BCUT2D eigenvalue weighted by molar-refractivity contribution is 0.0848. The number of rotatable bonds is 4. The molecule has 0 radical (unpaired) electrons. The van der Waals surface area contributed by atoms with E-state index in [9.17, 15) is 15.0 Å². The van der Waals surface area contributed by atoms with E-state index in [1.807, 2.05) is 30.3 Å². The Hall–Kier alpha value is -2.33. The van der Waals surface area contributed by atoms with Crippen molar-refractivity contribution in [1.29, 1.82) is 0 Å². The van der Waals surface area contributed by atoms with Gasteiger partial charge in [0, 0.05) is 11.1 Å². The maximum Gasteiger partial charge on any atom is 0.252 e. The predicted molar refractivity (Wildman–Crippen MR) is 81.2 cm³/mol. The lowest BCUT2D eigenvalue weighted by Crippen LogP contribution is -2.46. The van der Waals surface area contributed by atoms with Crippen molar-refractivity contribution in [3.8, 4) is 5.75 Å². The highest BCUT2D eigenvalue weighted by Crippen LogP contribution is 2.23. The number of phenols is 1. The first-order valence-electron chi connectivity index (χ1n) is 6.75. The van der Waals surface area contributed by atoms with Crippen molar-refractivity contribution in [2.45, 2.75) is 19.4 Å². The number of nitrogens with one attached hydrogen (secondary N) is 1. The van der Waals surface area contributed by atoms with Crippen LogP contribution in [0.1, 0.15) is 28.4 Å². The van der Waals surface area contributed by atoms with Crippen molar-refractivity contribution in [3.05, 3.63) is 65.2 Å². The predicted octanol–water partition coefficient (Wildman–Crippen LogP) is 2.34. The molecule has 3 N–H and O–H groups in total. The quantitative estimate of drug-likeness (QED) is 0.807. The molecule has 4 nitrogen and oxygen atoms in total. The standard InChI is InChI=1S/C17H19NO3/c1-12-14(9-6-10-15(12)20)16(21)18-17(2,11-19)13-7-4-3-5-8-13/h3-10,19-20H,11H2,1-2H3,(H,18,21). The molecule has 21 heavy (non-hydrogen) atoms. The minimum absolute atomic E-state index is 0.0769. The van der Waals surface area contributed by atoms with Crippen molar-refractivity contribution in [3.63, 3.8) is 0 Å². The third kappa shape index (κ3) is 3.06. The number of aliphatic hydroxyl groups excluding tert-OH is 1. The van der Waals surface area contributed by atoms with Crippen LogP contribution in [0.5, 0.6) is 5.75 Å². The molecule has 0 spiro atoms. The topological polar surface area (TPSA) is 69.6 Å². The summed E-state index contributed by atoms with van der Waals surface area (Å²) < 4.78 is 0. The molecule has 1 unspecified atom stereocenters. The molecule has 0 saturated heterocycles. The number of carbonyl (C=O) groups is 1. The van der Waals surface area contributed by atoms with Crippen molar-refractivity contribution >= 4 is 5.91 Å². The minimum atomic E-state index is -0.879. The monoisotopic (exact) mass is 285 g/mol. The van der Waals surface area contributed by atoms with E-state index in [0.29, 0.717) is 11.1 Å². The summed E-state index contributed by atoms with van der Waals surface area (Å²) in [4.78, 5) is 12.4. The maximum atomic E-state index is 12.4. The van der Waals surface area contributed by atoms with Crippen LogP contribution in [0.3, 0.4) is 0 Å². The molecule has 110 valence electrons. The molecule has 2 aromatic carbocycles. The summed E-state index contributed by atoms with van der Waals surface area (Å²) in [6.45, 7) is 3.22. The summed E-state index contributed by atoms with van der Waals surface area (Å²) in [7, 11) is 0. The van der Waals surface area contributed by atoms with Gasteiger partial charge in [-0.15, -0.1) is 0 Å². The molecule has 0 aromatic heterocycles. The Kier molecular flexibility index (Phi) is 4.29. The molecule has 0 aliphatic carbocycles. The van der Waals surface area contributed by atoms with Gasteiger partial charge >= 0.3 is 0 Å². The van der Waals surface area contributed by atoms with E-state index in [4.69, 9.17) is 0 Å². The number of phenolic OH excluding ortho intramolecular Hbond substituents is 1. The van der Waals surface area contributed by atoms with E-state index in [1.165, 1.54) is 6.07 Å². The zero-order valence-electron chi connectivity index (χ0n) is 12.1. The number of amides is 1. The molecule has 0 aliphatic rings. The summed E-state index contributed by atoms with van der Waals surface area (Å²) in [6, 6.07) is 14.1. The second kappa shape index (κ2) is 5.97. The second-order valence-electron chi connectivity index (χ2n) is 5.26. The van der Waals surface area contributed by atoms with Crippen LogP contribution in [0.2, 0.25) is 0 Å². The first-order chi connectivity index (χ1) is 9.98. The number of aliphatic hydroxyl groups is 1. The fourth-order valence-electron chi connectivity index (χ4n) is 2.20. The van der Waals surface area contributed by atoms with E-state index in [0.717, 1.165) is 5.56 Å². The zero-order chi connectivity index (χ0) is 15.5. The van der Waals surface area contributed by atoms with E-state index in [-0.39, 0.29) is 18.3 Å². The van der Waals surface area contributed by atoms with Crippen LogP contribution in [0.4, 0.5) is 0 Å². The smallest absolute Gasteiger partial charge is 0.252 e. The van der Waals surface area contributed by atoms with Crippen LogP contribution in [0, 0.1) is 6.92 Å². The normalized spacial score (nSPS) is 13.5. The van der Waals surface area contributed by atoms with Crippen molar-refractivity contribution in [1.82, 2.24) is 5.32 Å². The van der Waals surface area contributed by atoms with Gasteiger partial charge in [-0.05, 0) is 31.5 Å². The number of aromatic hydroxyl groups is 1. The van der Waals surface area contributed by atoms with Crippen molar-refractivity contribution in [2.75, 3.05) is 6.61 Å². The molecule has 0 bridgehead atoms. The average Bonchev–Trinajstić information content (AvgIpc) is 2.50. The molecular weight excluding hydrogens is 266 g/mol. The molecule has 0 aliphatic heterocycles. The highest BCUT2D eigenvalue weighted by Gasteiger charge is 2.28. The Labute approximate surface area is 124 Å². The molecule has 0 saturated carbocycles. The second-order valence-corrected chi connectivity index (χ2v) is 5.26. The van der Waals surface area contributed by atoms with E-state index in [2.05, 4.69) is 5.32 Å². The van der Waals surface area contributed by atoms with Gasteiger partial charge in [0.15, 0.2) is 0 Å². The lowest BCUT2D eigenvalue weighted by atomic mass is 9.92. The Morgan fingerprint density at radius 3 is 2.43 bits per heavy atom. The third-order valence-electron chi connectivity index (χ3n) is 3.67. The molecular formula is C17H19NO3. The Morgan fingerprint density at radius 2 is 1.81 bits per heavy atom. The van der Waals surface area contributed by atoms with Crippen LogP contribution in [-0.4, -0.2) is 22.7 Å². The first-order valence-corrected chi connectivity index (χ1v) is 6.75. The molecule has 0 fully saturated rings. The zero-order valence-corrected chi connectivity index (χ0v) is 12.1. The van der Waals surface area contributed by atoms with Gasteiger partial charge in [-0.25, -0.2) is 0 Å². The number of benzene rings is 2.